The molecule has 0 atom stereocenters. The van der Waals surface area contributed by atoms with Gasteiger partial charge in [-0.1, -0.05) is 53.5 Å². The number of nitro groups is 1. The van der Waals surface area contributed by atoms with Gasteiger partial charge in [-0.25, -0.2) is 9.82 Å². The Labute approximate surface area is 192 Å². The number of nitrogens with one attached hydrogen (secondary N) is 1. The molecule has 0 spiro atoms. The molecule has 32 heavy (non-hydrogen) atoms. The van der Waals surface area contributed by atoms with Crippen LogP contribution in [0.25, 0.3) is 0 Å². The zero-order chi connectivity index (χ0) is 23.1. The standard InChI is InChI=1S/C22H16Cl2FN3O4/c23-18-9-15(10-19(24)22(18)32-13-14-4-3-6-17(25)8-14)12-26-27-21(29)11-16-5-1-2-7-20(16)28(30)31/h1-10,12H,11,13H2,(H,27,29)/b26-12+. The van der Waals surface area contributed by atoms with E-state index in [4.69, 9.17) is 27.9 Å². The molecule has 0 bridgehead atoms. The van der Waals surface area contributed by atoms with E-state index >= 15 is 0 Å². The summed E-state index contributed by atoms with van der Waals surface area (Å²) in [6.45, 7) is 0.0757. The molecule has 1 amide bonds. The molecule has 0 radical (unpaired) electrons. The van der Waals surface area contributed by atoms with Gasteiger partial charge in [0.15, 0.2) is 5.75 Å². The second-order valence-electron chi connectivity index (χ2n) is 6.59. The Balaban J connectivity index is 1.61. The summed E-state index contributed by atoms with van der Waals surface area (Å²) in [5, 5.41) is 15.3. The van der Waals surface area contributed by atoms with Crippen molar-refractivity contribution in [3.8, 4) is 5.75 Å². The molecule has 0 aliphatic rings. The van der Waals surface area contributed by atoms with E-state index in [1.165, 1.54) is 48.7 Å². The molecule has 7 nitrogen and oxygen atoms in total. The first-order valence-corrected chi connectivity index (χ1v) is 9.99. The highest BCUT2D eigenvalue weighted by molar-refractivity contribution is 6.37. The van der Waals surface area contributed by atoms with Crippen molar-refractivity contribution in [2.75, 3.05) is 0 Å². The van der Waals surface area contributed by atoms with E-state index < -0.39 is 10.8 Å². The number of halogens is 3. The van der Waals surface area contributed by atoms with Gasteiger partial charge >= 0.3 is 0 Å². The van der Waals surface area contributed by atoms with Crippen LogP contribution in [-0.4, -0.2) is 17.0 Å². The summed E-state index contributed by atoms with van der Waals surface area (Å²) in [5.41, 5.74) is 3.55. The Kier molecular flexibility index (Phi) is 7.75. The number of amides is 1. The summed E-state index contributed by atoms with van der Waals surface area (Å²) in [5.74, 6) is -0.670. The average Bonchev–Trinajstić information content (AvgIpc) is 2.73. The Morgan fingerprint density at radius 1 is 1.12 bits per heavy atom. The number of ether oxygens (including phenoxy) is 1. The molecule has 0 saturated heterocycles. The first kappa shape index (κ1) is 23.2. The number of hydrazone groups is 1. The van der Waals surface area contributed by atoms with Gasteiger partial charge in [0.25, 0.3) is 5.69 Å². The molecule has 0 aliphatic heterocycles. The molecule has 3 aromatic carbocycles. The molecule has 3 rings (SSSR count). The fourth-order valence-electron chi connectivity index (χ4n) is 2.80. The predicted octanol–water partition coefficient (Wildman–Crippen LogP) is 5.31. The number of nitro benzene ring substituents is 1. The van der Waals surface area contributed by atoms with Gasteiger partial charge in [-0.2, -0.15) is 5.10 Å². The molecule has 0 saturated carbocycles. The van der Waals surface area contributed by atoms with Crippen LogP contribution in [-0.2, 0) is 17.8 Å². The van der Waals surface area contributed by atoms with Crippen molar-refractivity contribution in [2.45, 2.75) is 13.0 Å². The van der Waals surface area contributed by atoms with Gasteiger partial charge in [0.05, 0.1) is 27.6 Å². The number of hydrogen-bond acceptors (Lipinski definition) is 5. The number of hydrogen-bond donors (Lipinski definition) is 1. The van der Waals surface area contributed by atoms with E-state index in [2.05, 4.69) is 10.5 Å². The van der Waals surface area contributed by atoms with Gasteiger partial charge in [0, 0.05) is 11.6 Å². The van der Waals surface area contributed by atoms with Gasteiger partial charge < -0.3 is 4.74 Å². The summed E-state index contributed by atoms with van der Waals surface area (Å²) in [6.07, 6.45) is 1.12. The number of carbonyl (C=O) groups excluding carboxylic acids is 1. The lowest BCUT2D eigenvalue weighted by atomic mass is 10.1. The maximum atomic E-state index is 13.3. The highest BCUT2D eigenvalue weighted by Gasteiger charge is 2.15. The maximum absolute atomic E-state index is 13.3. The van der Waals surface area contributed by atoms with E-state index in [-0.39, 0.29) is 45.9 Å². The smallest absolute Gasteiger partial charge is 0.273 e. The molecule has 164 valence electrons. The Hall–Kier alpha value is -3.49. The predicted molar refractivity (Wildman–Crippen MR) is 120 cm³/mol. The van der Waals surface area contributed by atoms with Gasteiger partial charge in [-0.3, -0.25) is 14.9 Å². The Morgan fingerprint density at radius 3 is 2.53 bits per heavy atom. The van der Waals surface area contributed by atoms with Crippen molar-refractivity contribution in [3.05, 3.63) is 103 Å². The minimum absolute atomic E-state index is 0.0757. The molecular formula is C22H16Cl2FN3O4. The van der Waals surface area contributed by atoms with Crippen molar-refractivity contribution < 1.29 is 18.8 Å². The van der Waals surface area contributed by atoms with Crippen LogP contribution in [0.4, 0.5) is 10.1 Å². The Bertz CT molecular complexity index is 1160. The summed E-state index contributed by atoms with van der Waals surface area (Å²) in [7, 11) is 0. The highest BCUT2D eigenvalue weighted by atomic mass is 35.5. The molecule has 10 heteroatoms. The maximum Gasteiger partial charge on any atom is 0.273 e. The third kappa shape index (κ3) is 6.26. The summed E-state index contributed by atoms with van der Waals surface area (Å²) in [4.78, 5) is 22.5. The quantitative estimate of drug-likeness (QED) is 0.271. The summed E-state index contributed by atoms with van der Waals surface area (Å²) in [6, 6.07) is 15.0. The van der Waals surface area contributed by atoms with Crippen LogP contribution in [0.1, 0.15) is 16.7 Å². The number of benzene rings is 3. The zero-order valence-electron chi connectivity index (χ0n) is 16.4. The lowest BCUT2D eigenvalue weighted by Gasteiger charge is -2.11. The lowest BCUT2D eigenvalue weighted by molar-refractivity contribution is -0.385. The fourth-order valence-corrected chi connectivity index (χ4v) is 3.42. The largest absolute Gasteiger partial charge is 0.486 e. The second-order valence-corrected chi connectivity index (χ2v) is 7.40. The number of rotatable bonds is 8. The van der Waals surface area contributed by atoms with Crippen molar-refractivity contribution in [1.82, 2.24) is 5.43 Å². The van der Waals surface area contributed by atoms with Gasteiger partial charge in [0.1, 0.15) is 12.4 Å². The number of carbonyl (C=O) groups is 1. The number of para-hydroxylation sites is 1. The normalized spacial score (nSPS) is 10.8. The van der Waals surface area contributed by atoms with Crippen LogP contribution >= 0.6 is 23.2 Å². The molecule has 0 fully saturated rings. The molecular weight excluding hydrogens is 460 g/mol. The zero-order valence-corrected chi connectivity index (χ0v) is 17.9. The SMILES string of the molecule is O=C(Cc1ccccc1[N+](=O)[O-])N/N=C/c1cc(Cl)c(OCc2cccc(F)c2)c(Cl)c1. The van der Waals surface area contributed by atoms with Crippen LogP contribution in [0.5, 0.6) is 5.75 Å². The molecule has 1 N–H and O–H groups in total. The van der Waals surface area contributed by atoms with E-state index in [0.717, 1.165) is 0 Å². The molecule has 3 aromatic rings. The minimum atomic E-state index is -0.548. The van der Waals surface area contributed by atoms with Crippen LogP contribution in [0.15, 0.2) is 65.8 Å². The van der Waals surface area contributed by atoms with Crippen LogP contribution in [0.2, 0.25) is 10.0 Å². The van der Waals surface area contributed by atoms with Crippen LogP contribution in [0.3, 0.4) is 0 Å². The summed E-state index contributed by atoms with van der Waals surface area (Å²) >= 11 is 12.5. The highest BCUT2D eigenvalue weighted by Crippen LogP contribution is 2.34. The minimum Gasteiger partial charge on any atom is -0.486 e. The first-order chi connectivity index (χ1) is 15.3. The molecule has 0 aliphatic carbocycles. The molecule has 0 unspecified atom stereocenters. The second kappa shape index (κ2) is 10.7. The van der Waals surface area contributed by atoms with Gasteiger partial charge in [-0.05, 0) is 35.4 Å². The monoisotopic (exact) mass is 475 g/mol. The third-order valence-electron chi connectivity index (χ3n) is 4.24. The van der Waals surface area contributed by atoms with E-state index in [0.29, 0.717) is 11.1 Å². The average molecular weight is 476 g/mol. The fraction of sp³-hybridized carbons (Fsp3) is 0.0909. The van der Waals surface area contributed by atoms with Crippen LogP contribution in [0, 0.1) is 15.9 Å². The van der Waals surface area contributed by atoms with E-state index in [9.17, 15) is 19.3 Å². The van der Waals surface area contributed by atoms with E-state index in [1.54, 1.807) is 18.2 Å². The van der Waals surface area contributed by atoms with E-state index in [1.807, 2.05) is 0 Å². The van der Waals surface area contributed by atoms with Crippen molar-refractivity contribution in [1.29, 1.82) is 0 Å². The van der Waals surface area contributed by atoms with Crippen LogP contribution < -0.4 is 10.2 Å². The van der Waals surface area contributed by atoms with Gasteiger partial charge in [-0.15, -0.1) is 0 Å². The van der Waals surface area contributed by atoms with Crippen molar-refractivity contribution in [2.24, 2.45) is 5.10 Å². The topological polar surface area (TPSA) is 93.8 Å². The van der Waals surface area contributed by atoms with Crippen molar-refractivity contribution >= 4 is 41.0 Å². The van der Waals surface area contributed by atoms with Gasteiger partial charge in [0.2, 0.25) is 5.91 Å². The Morgan fingerprint density at radius 2 is 1.84 bits per heavy atom. The number of nitrogens with zero attached hydrogens (tertiary/aromatic N) is 2. The van der Waals surface area contributed by atoms with Crippen molar-refractivity contribution in [3.63, 3.8) is 0 Å². The first-order valence-electron chi connectivity index (χ1n) is 9.24. The lowest BCUT2D eigenvalue weighted by Crippen LogP contribution is -2.20. The molecule has 0 aromatic heterocycles. The summed E-state index contributed by atoms with van der Waals surface area (Å²) < 4.78 is 18.9. The third-order valence-corrected chi connectivity index (χ3v) is 4.80. The molecule has 0 heterocycles.